The predicted molar refractivity (Wildman–Crippen MR) is 168 cm³/mol. The molecular formula is C32H35ClF2N8O2. The normalized spacial score (nSPS) is 23.2. The molecule has 3 N–H and O–H groups in total. The molecule has 2 fully saturated rings. The molecule has 10 nitrogen and oxygen atoms in total. The third kappa shape index (κ3) is 4.98. The number of benzene rings is 2. The fourth-order valence-electron chi connectivity index (χ4n) is 7.84. The molecule has 2 atom stereocenters. The van der Waals surface area contributed by atoms with E-state index in [0.717, 1.165) is 61.7 Å². The second-order valence-electron chi connectivity index (χ2n) is 12.8. The monoisotopic (exact) mass is 636 g/mol. The molecule has 0 saturated carbocycles. The maximum Gasteiger partial charge on any atom is 0.318 e. The van der Waals surface area contributed by atoms with Crippen LogP contribution in [-0.2, 0) is 26.1 Å². The number of alkyl halides is 1. The van der Waals surface area contributed by atoms with Crippen LogP contribution in [0.5, 0.6) is 11.8 Å². The number of nitrogen functional groups attached to an aromatic ring is 1. The van der Waals surface area contributed by atoms with Crippen molar-refractivity contribution in [2.45, 2.75) is 63.4 Å². The molecule has 8 rings (SSSR count). The number of rotatable bonds is 5. The molecule has 236 valence electrons. The Kier molecular flexibility index (Phi) is 6.90. The predicted octanol–water partition coefficient (Wildman–Crippen LogP) is 4.83. The number of hydrogen-bond acceptors (Lipinski definition) is 9. The number of fused-ring (bicyclic) bond motifs is 4. The van der Waals surface area contributed by atoms with Crippen molar-refractivity contribution in [2.75, 3.05) is 48.3 Å². The lowest BCUT2D eigenvalue weighted by molar-refractivity contribution is 0.107. The minimum absolute atomic E-state index is 0.0178. The SMILES string of the molecule is Nc1cc2n(n1)CCCN(c1nc(OC[C@@]34CCCN3C[C@H](F)C4)nc3c1CCN(c1cc(O)cc4ccc(F)c(Cl)c14)C3)C2. The number of phenols is 1. The Morgan fingerprint density at radius 1 is 1.07 bits per heavy atom. The third-order valence-corrected chi connectivity index (χ3v) is 10.3. The summed E-state index contributed by atoms with van der Waals surface area (Å²) in [6, 6.07) is 8.31. The summed E-state index contributed by atoms with van der Waals surface area (Å²) in [5.74, 6) is 0.857. The summed E-state index contributed by atoms with van der Waals surface area (Å²) >= 11 is 6.49. The van der Waals surface area contributed by atoms with Gasteiger partial charge in [-0.3, -0.25) is 9.58 Å². The first-order chi connectivity index (χ1) is 21.8. The molecular weight excluding hydrogens is 602 g/mol. The number of phenolic OH excluding ortho intramolecular Hbond substituents is 1. The van der Waals surface area contributed by atoms with E-state index in [2.05, 4.69) is 19.8 Å². The number of aryl methyl sites for hydroxylation is 1. The second kappa shape index (κ2) is 10.9. The fraction of sp³-hybridized carbons (Fsp3) is 0.469. The molecule has 0 spiro atoms. The van der Waals surface area contributed by atoms with E-state index in [1.807, 2.05) is 10.7 Å². The van der Waals surface area contributed by atoms with Gasteiger partial charge in [-0.1, -0.05) is 17.7 Å². The first-order valence-electron chi connectivity index (χ1n) is 15.6. The van der Waals surface area contributed by atoms with E-state index in [9.17, 15) is 13.9 Å². The van der Waals surface area contributed by atoms with Crippen molar-refractivity contribution in [1.82, 2.24) is 24.6 Å². The second-order valence-corrected chi connectivity index (χ2v) is 13.2. The number of nitrogens with two attached hydrogens (primary N) is 1. The number of nitrogens with zero attached hydrogens (tertiary/aromatic N) is 7. The summed E-state index contributed by atoms with van der Waals surface area (Å²) in [6.45, 7) is 4.73. The van der Waals surface area contributed by atoms with E-state index < -0.39 is 12.0 Å². The molecule has 2 aromatic carbocycles. The van der Waals surface area contributed by atoms with Crippen molar-refractivity contribution in [2.24, 2.45) is 0 Å². The molecule has 2 saturated heterocycles. The van der Waals surface area contributed by atoms with Gasteiger partial charge >= 0.3 is 6.01 Å². The number of anilines is 3. The van der Waals surface area contributed by atoms with Crippen LogP contribution in [0.3, 0.4) is 0 Å². The molecule has 13 heteroatoms. The standard InChI is InChI=1S/C32H35ClF2N8O2/c33-29-24(35)4-3-19-11-22(44)13-26(28(19)29)40-10-5-23-25(17-40)37-31(45-18-32-6-1-8-42(32)15-20(34)14-32)38-30(23)41-7-2-9-43-21(16-41)12-27(36)39-43/h3-4,11-13,20,44H,1-2,5-10,14-18H2,(H2,36,39)/t20-,32+/m1/s1. The van der Waals surface area contributed by atoms with Gasteiger partial charge in [0.25, 0.3) is 0 Å². The highest BCUT2D eigenvalue weighted by atomic mass is 35.5. The lowest BCUT2D eigenvalue weighted by Gasteiger charge is -2.34. The van der Waals surface area contributed by atoms with Crippen LogP contribution in [0, 0.1) is 5.82 Å². The number of halogens is 3. The molecule has 0 bridgehead atoms. The number of hydrogen-bond donors (Lipinski definition) is 2. The Bertz CT molecular complexity index is 1800. The van der Waals surface area contributed by atoms with Crippen LogP contribution in [-0.4, -0.2) is 74.3 Å². The molecule has 45 heavy (non-hydrogen) atoms. The van der Waals surface area contributed by atoms with E-state index in [-0.39, 0.29) is 22.3 Å². The smallest absolute Gasteiger partial charge is 0.318 e. The average molecular weight is 637 g/mol. The van der Waals surface area contributed by atoms with Crippen LogP contribution in [0.4, 0.5) is 26.1 Å². The van der Waals surface area contributed by atoms with Gasteiger partial charge in [0, 0.05) is 55.7 Å². The first-order valence-corrected chi connectivity index (χ1v) is 16.0. The van der Waals surface area contributed by atoms with Crippen molar-refractivity contribution in [3.05, 3.63) is 58.1 Å². The number of aromatic nitrogens is 4. The molecule has 0 unspecified atom stereocenters. The highest BCUT2D eigenvalue weighted by Crippen LogP contribution is 2.42. The van der Waals surface area contributed by atoms with Gasteiger partial charge < -0.3 is 25.4 Å². The quantitative estimate of drug-likeness (QED) is 0.318. The van der Waals surface area contributed by atoms with Gasteiger partial charge in [-0.25, -0.2) is 8.78 Å². The molecule has 0 amide bonds. The largest absolute Gasteiger partial charge is 0.508 e. The Balaban J connectivity index is 1.17. The average Bonchev–Trinajstić information content (AvgIpc) is 3.62. The summed E-state index contributed by atoms with van der Waals surface area (Å²) in [4.78, 5) is 16.5. The minimum Gasteiger partial charge on any atom is -0.508 e. The van der Waals surface area contributed by atoms with Crippen LogP contribution in [0.25, 0.3) is 10.8 Å². The van der Waals surface area contributed by atoms with E-state index in [1.165, 1.54) is 6.07 Å². The highest BCUT2D eigenvalue weighted by molar-refractivity contribution is 6.36. The van der Waals surface area contributed by atoms with E-state index in [0.29, 0.717) is 67.9 Å². The lowest BCUT2D eigenvalue weighted by atomic mass is 9.95. The Hall–Kier alpha value is -3.90. The Morgan fingerprint density at radius 2 is 1.96 bits per heavy atom. The van der Waals surface area contributed by atoms with Crippen LogP contribution >= 0.6 is 11.6 Å². The van der Waals surface area contributed by atoms with Gasteiger partial charge in [0.1, 0.15) is 36.0 Å². The van der Waals surface area contributed by atoms with Crippen molar-refractivity contribution in [3.63, 3.8) is 0 Å². The minimum atomic E-state index is -0.856. The lowest BCUT2D eigenvalue weighted by Crippen LogP contribution is -2.43. The molecule has 4 aliphatic heterocycles. The van der Waals surface area contributed by atoms with Gasteiger partial charge in [0.15, 0.2) is 0 Å². The van der Waals surface area contributed by atoms with Crippen LogP contribution in [0.1, 0.15) is 42.6 Å². The highest BCUT2D eigenvalue weighted by Gasteiger charge is 2.49. The third-order valence-electron chi connectivity index (χ3n) is 9.90. The van der Waals surface area contributed by atoms with Crippen molar-refractivity contribution < 1.29 is 18.6 Å². The van der Waals surface area contributed by atoms with E-state index in [4.69, 9.17) is 32.0 Å². The van der Waals surface area contributed by atoms with E-state index >= 15 is 0 Å². The Morgan fingerprint density at radius 3 is 2.84 bits per heavy atom. The van der Waals surface area contributed by atoms with Gasteiger partial charge in [-0.05, 0) is 49.7 Å². The first kappa shape index (κ1) is 28.6. The summed E-state index contributed by atoms with van der Waals surface area (Å²) in [6.07, 6.45) is 2.99. The molecule has 2 aromatic heterocycles. The van der Waals surface area contributed by atoms with Crippen LogP contribution < -0.4 is 20.3 Å². The zero-order valence-corrected chi connectivity index (χ0v) is 25.6. The molecule has 0 aliphatic carbocycles. The van der Waals surface area contributed by atoms with Crippen molar-refractivity contribution >= 4 is 39.7 Å². The molecule has 4 aliphatic rings. The maximum absolute atomic E-state index is 14.6. The number of aromatic hydroxyl groups is 1. The fourth-order valence-corrected chi connectivity index (χ4v) is 8.11. The zero-order valence-electron chi connectivity index (χ0n) is 24.9. The van der Waals surface area contributed by atoms with Crippen molar-refractivity contribution in [3.8, 4) is 11.8 Å². The zero-order chi connectivity index (χ0) is 30.9. The van der Waals surface area contributed by atoms with Gasteiger partial charge in [-0.2, -0.15) is 15.1 Å². The summed E-state index contributed by atoms with van der Waals surface area (Å²) in [5, 5.41) is 16.2. The summed E-state index contributed by atoms with van der Waals surface area (Å²) in [7, 11) is 0. The topological polar surface area (TPSA) is 109 Å². The summed E-state index contributed by atoms with van der Waals surface area (Å²) < 4.78 is 37.5. The van der Waals surface area contributed by atoms with Gasteiger partial charge in [-0.15, -0.1) is 0 Å². The van der Waals surface area contributed by atoms with Gasteiger partial charge in [0.2, 0.25) is 0 Å². The van der Waals surface area contributed by atoms with E-state index in [1.54, 1.807) is 18.2 Å². The van der Waals surface area contributed by atoms with Crippen molar-refractivity contribution in [1.29, 1.82) is 0 Å². The Labute approximate surface area is 264 Å². The van der Waals surface area contributed by atoms with Gasteiger partial charge in [0.05, 0.1) is 40.7 Å². The summed E-state index contributed by atoms with van der Waals surface area (Å²) in [5.41, 5.74) is 9.16. The van der Waals surface area contributed by atoms with Crippen LogP contribution in [0.2, 0.25) is 5.02 Å². The molecule has 6 heterocycles. The molecule has 4 aromatic rings. The molecule has 0 radical (unpaired) electrons. The number of ether oxygens (including phenoxy) is 1. The maximum atomic E-state index is 14.6. The van der Waals surface area contributed by atoms with Crippen LogP contribution in [0.15, 0.2) is 30.3 Å².